The zero-order valence-corrected chi connectivity index (χ0v) is 16.7. The molecule has 4 aromatic rings. The highest BCUT2D eigenvalue weighted by atomic mass is 32.1. The number of pyridine rings is 1. The van der Waals surface area contributed by atoms with E-state index in [0.717, 1.165) is 27.3 Å². The van der Waals surface area contributed by atoms with Gasteiger partial charge in [-0.1, -0.05) is 12.1 Å². The molecule has 3 heterocycles. The summed E-state index contributed by atoms with van der Waals surface area (Å²) in [5.74, 6) is 0. The fraction of sp³-hybridized carbons (Fsp3) is 0.0952. The molecule has 0 saturated carbocycles. The number of hydrogen-bond acceptors (Lipinski definition) is 5. The van der Waals surface area contributed by atoms with Crippen molar-refractivity contribution in [3.05, 3.63) is 86.4 Å². The lowest BCUT2D eigenvalue weighted by Crippen LogP contribution is -2.11. The summed E-state index contributed by atoms with van der Waals surface area (Å²) in [6.07, 6.45) is 5.37. The van der Waals surface area contributed by atoms with Gasteiger partial charge < -0.3 is 0 Å². The Balaban J connectivity index is 1.86. The number of aryl methyl sites for hydroxylation is 2. The second-order valence-corrected chi connectivity index (χ2v) is 7.76. The minimum Gasteiger partial charge on any atom is -0.262 e. The molecule has 1 aromatic carbocycles. The maximum atomic E-state index is 4.73. The van der Waals surface area contributed by atoms with E-state index < -0.39 is 0 Å². The third kappa shape index (κ3) is 3.97. The summed E-state index contributed by atoms with van der Waals surface area (Å²) in [4.78, 5) is 9.69. The first-order valence-electron chi connectivity index (χ1n) is 8.50. The maximum Gasteiger partial charge on any atom is 0.211 e. The van der Waals surface area contributed by atoms with E-state index in [0.29, 0.717) is 0 Å². The van der Waals surface area contributed by atoms with Crippen LogP contribution in [0.15, 0.2) is 75.0 Å². The topological polar surface area (TPSA) is 42.5 Å². The molecular formula is C21H18N4S2. The van der Waals surface area contributed by atoms with Gasteiger partial charge in [0.05, 0.1) is 23.8 Å². The van der Waals surface area contributed by atoms with Gasteiger partial charge >= 0.3 is 0 Å². The summed E-state index contributed by atoms with van der Waals surface area (Å²) >= 11 is 3.23. The van der Waals surface area contributed by atoms with Crippen molar-refractivity contribution < 1.29 is 0 Å². The molecule has 0 aliphatic rings. The summed E-state index contributed by atoms with van der Waals surface area (Å²) in [7, 11) is 0. The normalized spacial score (nSPS) is 12.1. The molecule has 0 saturated heterocycles. The van der Waals surface area contributed by atoms with Gasteiger partial charge in [-0.3, -0.25) is 4.98 Å². The van der Waals surface area contributed by atoms with Gasteiger partial charge in [0.1, 0.15) is 0 Å². The van der Waals surface area contributed by atoms with Crippen molar-refractivity contribution in [1.29, 1.82) is 0 Å². The van der Waals surface area contributed by atoms with Gasteiger partial charge in [0.15, 0.2) is 0 Å². The molecule has 0 bridgehead atoms. The van der Waals surface area contributed by atoms with Crippen molar-refractivity contribution in [1.82, 2.24) is 9.66 Å². The third-order valence-corrected chi connectivity index (χ3v) is 5.74. The standard InChI is InChI=1S/C21H18N4S2/c1-15-5-6-18(10-16(15)2)20-14-27-21(24-19-4-3-8-22-12-19)25(20)23-11-17-7-9-26-13-17/h3-14H,1-2H3. The Morgan fingerprint density at radius 2 is 2.00 bits per heavy atom. The Morgan fingerprint density at radius 1 is 1.07 bits per heavy atom. The molecule has 6 heteroatoms. The fourth-order valence-electron chi connectivity index (χ4n) is 2.59. The lowest BCUT2D eigenvalue weighted by atomic mass is 10.1. The Bertz CT molecular complexity index is 1140. The number of aromatic nitrogens is 2. The molecule has 0 amide bonds. The van der Waals surface area contributed by atoms with Crippen LogP contribution in [0.5, 0.6) is 0 Å². The van der Waals surface area contributed by atoms with Crippen molar-refractivity contribution in [2.45, 2.75) is 13.8 Å². The van der Waals surface area contributed by atoms with Crippen LogP contribution in [0.3, 0.4) is 0 Å². The van der Waals surface area contributed by atoms with E-state index in [1.54, 1.807) is 35.1 Å². The molecule has 0 atom stereocenters. The maximum absolute atomic E-state index is 4.73. The van der Waals surface area contributed by atoms with Gasteiger partial charge in [-0.15, -0.1) is 11.3 Å². The van der Waals surface area contributed by atoms with E-state index in [1.165, 1.54) is 11.1 Å². The van der Waals surface area contributed by atoms with Crippen LogP contribution in [0.4, 0.5) is 5.69 Å². The lowest BCUT2D eigenvalue weighted by molar-refractivity contribution is 0.854. The van der Waals surface area contributed by atoms with Gasteiger partial charge in [-0.25, -0.2) is 9.67 Å². The largest absolute Gasteiger partial charge is 0.262 e. The molecule has 3 aromatic heterocycles. The van der Waals surface area contributed by atoms with Crippen LogP contribution < -0.4 is 4.80 Å². The number of thiazole rings is 1. The van der Waals surface area contributed by atoms with Crippen molar-refractivity contribution in [2.24, 2.45) is 10.1 Å². The van der Waals surface area contributed by atoms with Crippen LogP contribution in [0.1, 0.15) is 16.7 Å². The number of benzene rings is 1. The molecule has 0 unspecified atom stereocenters. The van der Waals surface area contributed by atoms with Gasteiger partial charge in [-0.05, 0) is 60.0 Å². The molecule has 0 fully saturated rings. The zero-order valence-electron chi connectivity index (χ0n) is 15.0. The predicted molar refractivity (Wildman–Crippen MR) is 114 cm³/mol. The number of hydrogen-bond donors (Lipinski definition) is 0. The highest BCUT2D eigenvalue weighted by Gasteiger charge is 2.09. The van der Waals surface area contributed by atoms with Crippen molar-refractivity contribution in [2.75, 3.05) is 0 Å². The quantitative estimate of drug-likeness (QED) is 0.430. The first-order chi connectivity index (χ1) is 13.2. The Labute approximate surface area is 165 Å². The van der Waals surface area contributed by atoms with Crippen LogP contribution >= 0.6 is 22.7 Å². The average Bonchev–Trinajstić information content (AvgIpc) is 3.33. The number of rotatable bonds is 4. The number of thiophene rings is 1. The van der Waals surface area contributed by atoms with Crippen LogP contribution in [-0.4, -0.2) is 15.9 Å². The molecule has 27 heavy (non-hydrogen) atoms. The summed E-state index contributed by atoms with van der Waals surface area (Å²) in [5.41, 5.74) is 6.59. The van der Waals surface area contributed by atoms with Gasteiger partial charge in [0, 0.05) is 22.7 Å². The van der Waals surface area contributed by atoms with Gasteiger partial charge in [0.2, 0.25) is 4.80 Å². The first-order valence-corrected chi connectivity index (χ1v) is 10.3. The van der Waals surface area contributed by atoms with E-state index in [1.807, 2.05) is 28.4 Å². The third-order valence-electron chi connectivity index (χ3n) is 4.22. The second kappa shape index (κ2) is 7.82. The Kier molecular flexibility index (Phi) is 5.09. The van der Waals surface area contributed by atoms with E-state index >= 15 is 0 Å². The first kappa shape index (κ1) is 17.6. The summed E-state index contributed by atoms with van der Waals surface area (Å²) in [6.45, 7) is 4.25. The SMILES string of the molecule is Cc1ccc(-c2csc(=Nc3cccnc3)n2N=Cc2ccsc2)cc1C. The van der Waals surface area contributed by atoms with Gasteiger partial charge in [-0.2, -0.15) is 16.4 Å². The molecule has 0 aliphatic heterocycles. The van der Waals surface area contributed by atoms with Crippen LogP contribution in [-0.2, 0) is 0 Å². The predicted octanol–water partition coefficient (Wildman–Crippen LogP) is 5.40. The minimum atomic E-state index is 0.808. The molecule has 0 spiro atoms. The van der Waals surface area contributed by atoms with Crippen LogP contribution in [0.2, 0.25) is 0 Å². The van der Waals surface area contributed by atoms with Crippen molar-refractivity contribution >= 4 is 34.6 Å². The molecule has 0 aliphatic carbocycles. The molecule has 0 N–H and O–H groups in total. The van der Waals surface area contributed by atoms with E-state index in [2.05, 4.69) is 53.9 Å². The summed E-state index contributed by atoms with van der Waals surface area (Å²) in [6, 6.07) is 12.4. The molecule has 4 nitrogen and oxygen atoms in total. The molecule has 0 radical (unpaired) electrons. The highest BCUT2D eigenvalue weighted by Crippen LogP contribution is 2.23. The lowest BCUT2D eigenvalue weighted by Gasteiger charge is -2.06. The fourth-order valence-corrected chi connectivity index (χ4v) is 4.06. The smallest absolute Gasteiger partial charge is 0.211 e. The Hall–Kier alpha value is -2.83. The van der Waals surface area contributed by atoms with Gasteiger partial charge in [0.25, 0.3) is 0 Å². The van der Waals surface area contributed by atoms with Crippen molar-refractivity contribution in [3.8, 4) is 11.3 Å². The van der Waals surface area contributed by atoms with Crippen LogP contribution in [0.25, 0.3) is 11.3 Å². The molecule has 134 valence electrons. The van der Waals surface area contributed by atoms with E-state index in [-0.39, 0.29) is 0 Å². The second-order valence-electron chi connectivity index (χ2n) is 6.14. The molecule has 4 rings (SSSR count). The summed E-state index contributed by atoms with van der Waals surface area (Å²) < 4.78 is 1.90. The summed E-state index contributed by atoms with van der Waals surface area (Å²) in [5, 5.41) is 10.9. The van der Waals surface area contributed by atoms with Crippen LogP contribution in [0, 0.1) is 13.8 Å². The zero-order chi connectivity index (χ0) is 18.6. The minimum absolute atomic E-state index is 0.808. The van der Waals surface area contributed by atoms with E-state index in [9.17, 15) is 0 Å². The molecular weight excluding hydrogens is 372 g/mol. The van der Waals surface area contributed by atoms with E-state index in [4.69, 9.17) is 10.1 Å². The highest BCUT2D eigenvalue weighted by molar-refractivity contribution is 7.08. The van der Waals surface area contributed by atoms with Crippen molar-refractivity contribution in [3.63, 3.8) is 0 Å². The number of nitrogens with zero attached hydrogens (tertiary/aromatic N) is 4. The average molecular weight is 391 g/mol. The Morgan fingerprint density at radius 3 is 2.74 bits per heavy atom. The monoisotopic (exact) mass is 390 g/mol.